The lowest BCUT2D eigenvalue weighted by atomic mass is 9.99. The lowest BCUT2D eigenvalue weighted by Gasteiger charge is -2.16. The maximum atomic E-state index is 12.7. The molecule has 0 radical (unpaired) electrons. The number of urea groups is 1. The van der Waals surface area contributed by atoms with Crippen molar-refractivity contribution in [2.45, 2.75) is 57.1 Å². The summed E-state index contributed by atoms with van der Waals surface area (Å²) in [6.07, 6.45) is 5.99. The molecule has 0 fully saturated rings. The van der Waals surface area contributed by atoms with Gasteiger partial charge in [0, 0.05) is 17.4 Å². The zero-order chi connectivity index (χ0) is 20.8. The molecule has 2 aliphatic carbocycles. The number of hydrogen-bond donors (Lipinski definition) is 2. The smallest absolute Gasteiger partial charge is 0.307 e. The molecule has 0 unspecified atom stereocenters. The Morgan fingerprint density at radius 3 is 2.31 bits per heavy atom. The van der Waals surface area contributed by atoms with Crippen molar-refractivity contribution in [1.82, 2.24) is 19.4 Å². The summed E-state index contributed by atoms with van der Waals surface area (Å²) in [6.45, 7) is 2.24. The average molecular weight is 418 g/mol. The van der Waals surface area contributed by atoms with Crippen molar-refractivity contribution in [3.63, 3.8) is 0 Å². The number of anilines is 1. The van der Waals surface area contributed by atoms with Gasteiger partial charge in [-0.2, -0.15) is 13.5 Å². The number of carbonyl (C=O) groups excluding carboxylic acids is 1. The third kappa shape index (κ3) is 3.89. The third-order valence-electron chi connectivity index (χ3n) is 5.59. The van der Waals surface area contributed by atoms with Crippen molar-refractivity contribution in [3.05, 3.63) is 40.1 Å². The Morgan fingerprint density at radius 1 is 1.10 bits per heavy atom. The fraction of sp³-hybridized carbons (Fsp3) is 0.500. The van der Waals surface area contributed by atoms with E-state index in [1.807, 2.05) is 19.0 Å². The zero-order valence-corrected chi connectivity index (χ0v) is 17.9. The van der Waals surface area contributed by atoms with Crippen molar-refractivity contribution in [2.75, 3.05) is 19.4 Å². The third-order valence-corrected chi connectivity index (χ3v) is 6.79. The highest BCUT2D eigenvalue weighted by atomic mass is 32.2. The molecule has 0 spiro atoms. The molecule has 0 bridgehead atoms. The summed E-state index contributed by atoms with van der Waals surface area (Å²) in [5.74, 6) is 0. The number of sulfonamides is 1. The SMILES string of the molecule is Cc1cc(S(=O)(=O)NC(=O)Nc2c3c(cc4c2CCC4)CCC3)nn1CN(C)C. The number of carbonyl (C=O) groups is 1. The van der Waals surface area contributed by atoms with Crippen molar-refractivity contribution >= 4 is 21.7 Å². The maximum Gasteiger partial charge on any atom is 0.333 e. The minimum atomic E-state index is -4.06. The molecule has 0 saturated heterocycles. The van der Waals surface area contributed by atoms with E-state index in [9.17, 15) is 13.2 Å². The van der Waals surface area contributed by atoms with Crippen LogP contribution in [0, 0.1) is 6.92 Å². The minimum absolute atomic E-state index is 0.157. The summed E-state index contributed by atoms with van der Waals surface area (Å²) in [5, 5.41) is 6.84. The van der Waals surface area contributed by atoms with Crippen LogP contribution in [0.2, 0.25) is 0 Å². The number of aryl methyl sites for hydroxylation is 3. The number of amides is 2. The van der Waals surface area contributed by atoms with E-state index in [4.69, 9.17) is 0 Å². The molecular weight excluding hydrogens is 390 g/mol. The van der Waals surface area contributed by atoms with Crippen LogP contribution >= 0.6 is 0 Å². The first-order valence-corrected chi connectivity index (χ1v) is 11.4. The van der Waals surface area contributed by atoms with Crippen LogP contribution in [-0.2, 0) is 42.4 Å². The summed E-state index contributed by atoms with van der Waals surface area (Å²) >= 11 is 0. The molecule has 1 aromatic carbocycles. The predicted octanol–water partition coefficient (Wildman–Crippen LogP) is 2.20. The van der Waals surface area contributed by atoms with E-state index in [2.05, 4.69) is 21.2 Å². The number of aromatic nitrogens is 2. The summed E-state index contributed by atoms with van der Waals surface area (Å²) in [4.78, 5) is 14.5. The second kappa shape index (κ2) is 7.46. The number of nitrogens with zero attached hydrogens (tertiary/aromatic N) is 3. The largest absolute Gasteiger partial charge is 0.333 e. The van der Waals surface area contributed by atoms with Gasteiger partial charge in [-0.3, -0.25) is 9.58 Å². The molecule has 1 heterocycles. The number of nitrogens with one attached hydrogen (secondary N) is 2. The van der Waals surface area contributed by atoms with Crippen molar-refractivity contribution in [1.29, 1.82) is 0 Å². The van der Waals surface area contributed by atoms with Crippen LogP contribution in [0.3, 0.4) is 0 Å². The molecule has 2 aliphatic rings. The minimum Gasteiger partial charge on any atom is -0.307 e. The van der Waals surface area contributed by atoms with Gasteiger partial charge in [0.1, 0.15) is 0 Å². The number of fused-ring (bicyclic) bond motifs is 2. The zero-order valence-electron chi connectivity index (χ0n) is 17.1. The van der Waals surface area contributed by atoms with E-state index in [0.717, 1.165) is 55.3 Å². The van der Waals surface area contributed by atoms with Gasteiger partial charge in [-0.25, -0.2) is 9.52 Å². The predicted molar refractivity (Wildman–Crippen MR) is 110 cm³/mol. The second-order valence-corrected chi connectivity index (χ2v) is 9.77. The van der Waals surface area contributed by atoms with Gasteiger partial charge >= 0.3 is 6.03 Å². The number of benzene rings is 1. The molecule has 2 amide bonds. The van der Waals surface area contributed by atoms with E-state index in [1.165, 1.54) is 17.2 Å². The standard InChI is InChI=1S/C20H27N5O3S/c1-13-10-18(22-25(13)12-24(2)3)29(27,28)23-20(26)21-19-16-8-4-6-14(16)11-15-7-5-9-17(15)19/h10-11H,4-9,12H2,1-3H3,(H2,21,23,26). The van der Waals surface area contributed by atoms with Gasteiger partial charge in [0.15, 0.2) is 5.03 Å². The van der Waals surface area contributed by atoms with Crippen LogP contribution in [-0.4, -0.2) is 43.2 Å². The van der Waals surface area contributed by atoms with E-state index in [0.29, 0.717) is 12.4 Å². The quantitative estimate of drug-likeness (QED) is 0.778. The molecule has 0 aliphatic heterocycles. The first kappa shape index (κ1) is 19.9. The van der Waals surface area contributed by atoms with E-state index in [-0.39, 0.29) is 5.03 Å². The van der Waals surface area contributed by atoms with E-state index in [1.54, 1.807) is 11.6 Å². The van der Waals surface area contributed by atoms with Gasteiger partial charge < -0.3 is 5.32 Å². The topological polar surface area (TPSA) is 96.3 Å². The maximum absolute atomic E-state index is 12.7. The fourth-order valence-corrected chi connectivity index (χ4v) is 5.23. The van der Waals surface area contributed by atoms with Crippen molar-refractivity contribution in [2.24, 2.45) is 0 Å². The highest BCUT2D eigenvalue weighted by Gasteiger charge is 2.27. The van der Waals surface area contributed by atoms with Gasteiger partial charge in [-0.05, 0) is 81.8 Å². The lowest BCUT2D eigenvalue weighted by molar-refractivity contribution is 0.256. The Bertz CT molecular complexity index is 1040. The molecule has 29 heavy (non-hydrogen) atoms. The molecule has 0 saturated carbocycles. The van der Waals surface area contributed by atoms with Crippen LogP contribution in [0.1, 0.15) is 40.8 Å². The molecule has 9 heteroatoms. The molecule has 2 N–H and O–H groups in total. The summed E-state index contributed by atoms with van der Waals surface area (Å²) in [6, 6.07) is 3.00. The van der Waals surface area contributed by atoms with Gasteiger partial charge in [0.25, 0.3) is 10.0 Å². The van der Waals surface area contributed by atoms with Crippen LogP contribution in [0.4, 0.5) is 10.5 Å². The van der Waals surface area contributed by atoms with Crippen LogP contribution < -0.4 is 10.0 Å². The van der Waals surface area contributed by atoms with Gasteiger partial charge in [0.2, 0.25) is 0 Å². The Labute approximate surface area is 171 Å². The Morgan fingerprint density at radius 2 is 1.72 bits per heavy atom. The number of rotatable bonds is 5. The van der Waals surface area contributed by atoms with Crippen molar-refractivity contribution < 1.29 is 13.2 Å². The average Bonchev–Trinajstić information content (AvgIpc) is 3.34. The summed E-state index contributed by atoms with van der Waals surface area (Å²) < 4.78 is 29.1. The van der Waals surface area contributed by atoms with Gasteiger partial charge in [-0.1, -0.05) is 6.07 Å². The molecule has 4 rings (SSSR count). The molecule has 1 aromatic heterocycles. The highest BCUT2D eigenvalue weighted by molar-refractivity contribution is 7.90. The second-order valence-electron chi connectivity index (χ2n) is 8.14. The summed E-state index contributed by atoms with van der Waals surface area (Å²) in [5.41, 5.74) is 6.39. The lowest BCUT2D eigenvalue weighted by Crippen LogP contribution is -2.35. The first-order valence-electron chi connectivity index (χ1n) is 9.94. The van der Waals surface area contributed by atoms with E-state index < -0.39 is 16.1 Å². The number of hydrogen-bond acceptors (Lipinski definition) is 5. The monoisotopic (exact) mass is 417 g/mol. The Hall–Kier alpha value is -2.39. The Balaban J connectivity index is 1.55. The van der Waals surface area contributed by atoms with Gasteiger partial charge in [0.05, 0.1) is 6.67 Å². The van der Waals surface area contributed by atoms with Gasteiger partial charge in [-0.15, -0.1) is 0 Å². The molecular formula is C20H27N5O3S. The van der Waals surface area contributed by atoms with Crippen LogP contribution in [0.15, 0.2) is 17.2 Å². The molecule has 2 aromatic rings. The van der Waals surface area contributed by atoms with Crippen molar-refractivity contribution in [3.8, 4) is 0 Å². The first-order chi connectivity index (χ1) is 13.7. The molecule has 156 valence electrons. The fourth-order valence-electron chi connectivity index (χ4n) is 4.30. The highest BCUT2D eigenvalue weighted by Crippen LogP contribution is 2.38. The Kier molecular flexibility index (Phi) is 5.12. The normalized spacial score (nSPS) is 15.4. The van der Waals surface area contributed by atoms with Crippen LogP contribution in [0.5, 0.6) is 0 Å². The van der Waals surface area contributed by atoms with Crippen LogP contribution in [0.25, 0.3) is 0 Å². The molecule has 8 nitrogen and oxygen atoms in total. The van der Waals surface area contributed by atoms with E-state index >= 15 is 0 Å². The molecule has 0 atom stereocenters. The summed E-state index contributed by atoms with van der Waals surface area (Å²) in [7, 11) is -0.312.